The van der Waals surface area contributed by atoms with E-state index in [4.69, 9.17) is 21.3 Å². The molecule has 4 aromatic rings. The van der Waals surface area contributed by atoms with Crippen molar-refractivity contribution in [2.24, 2.45) is 0 Å². The summed E-state index contributed by atoms with van der Waals surface area (Å²) in [5.74, 6) is 0.531. The topological polar surface area (TPSA) is 51.2 Å². The van der Waals surface area contributed by atoms with Crippen molar-refractivity contribution in [3.8, 4) is 16.3 Å². The van der Waals surface area contributed by atoms with Crippen molar-refractivity contribution in [1.29, 1.82) is 0 Å². The largest absolute Gasteiger partial charge is 0.491 e. The fourth-order valence-corrected chi connectivity index (χ4v) is 4.11. The number of fused-ring (bicyclic) bond motifs is 1. The van der Waals surface area contributed by atoms with Crippen LogP contribution in [0.25, 0.3) is 20.8 Å². The molecule has 0 unspecified atom stereocenters. The van der Waals surface area contributed by atoms with Crippen LogP contribution in [0.1, 0.15) is 24.2 Å². The Kier molecular flexibility index (Phi) is 5.51. The molecule has 1 amide bonds. The number of benzene rings is 3. The van der Waals surface area contributed by atoms with Crippen molar-refractivity contribution in [2.75, 3.05) is 5.32 Å². The van der Waals surface area contributed by atoms with Crippen LogP contribution in [0.2, 0.25) is 5.02 Å². The molecule has 1 heterocycles. The third kappa shape index (κ3) is 4.42. The van der Waals surface area contributed by atoms with Gasteiger partial charge in [-0.15, -0.1) is 11.3 Å². The molecular formula is C23H19ClN2O2S. The third-order valence-corrected chi connectivity index (χ3v) is 5.55. The van der Waals surface area contributed by atoms with Gasteiger partial charge in [0.25, 0.3) is 5.91 Å². The van der Waals surface area contributed by atoms with Crippen molar-refractivity contribution < 1.29 is 9.53 Å². The van der Waals surface area contributed by atoms with E-state index in [-0.39, 0.29) is 12.0 Å². The normalized spacial score (nSPS) is 11.0. The van der Waals surface area contributed by atoms with E-state index < -0.39 is 0 Å². The van der Waals surface area contributed by atoms with Crippen LogP contribution >= 0.6 is 22.9 Å². The molecule has 0 aliphatic rings. The van der Waals surface area contributed by atoms with Gasteiger partial charge in [0, 0.05) is 16.1 Å². The van der Waals surface area contributed by atoms with Crippen molar-refractivity contribution in [3.05, 3.63) is 77.3 Å². The number of amides is 1. The first-order chi connectivity index (χ1) is 14.0. The lowest BCUT2D eigenvalue weighted by molar-refractivity contribution is 0.102. The SMILES string of the molecule is CC(C)Oc1ccc(C(=O)Nc2ccc(Cl)cc2-c2nc3ccccc3s2)cc1. The van der Waals surface area contributed by atoms with Crippen LogP contribution in [0, 0.1) is 0 Å². The van der Waals surface area contributed by atoms with Crippen molar-refractivity contribution >= 4 is 44.7 Å². The molecule has 0 fully saturated rings. The number of hydrogen-bond acceptors (Lipinski definition) is 4. The van der Waals surface area contributed by atoms with Crippen LogP contribution < -0.4 is 10.1 Å². The smallest absolute Gasteiger partial charge is 0.255 e. The Morgan fingerprint density at radius 3 is 2.55 bits per heavy atom. The second-order valence-corrected chi connectivity index (χ2v) is 8.29. The highest BCUT2D eigenvalue weighted by Gasteiger charge is 2.15. The summed E-state index contributed by atoms with van der Waals surface area (Å²) in [6.45, 7) is 3.93. The maximum absolute atomic E-state index is 12.8. The number of rotatable bonds is 5. The molecule has 6 heteroatoms. The molecular weight excluding hydrogens is 404 g/mol. The van der Waals surface area contributed by atoms with Crippen LogP contribution in [0.15, 0.2) is 66.7 Å². The van der Waals surface area contributed by atoms with Crippen molar-refractivity contribution in [1.82, 2.24) is 4.98 Å². The lowest BCUT2D eigenvalue weighted by atomic mass is 10.1. The minimum Gasteiger partial charge on any atom is -0.491 e. The molecule has 0 saturated heterocycles. The summed E-state index contributed by atoms with van der Waals surface area (Å²) in [6, 6.07) is 20.4. The average Bonchev–Trinajstić information content (AvgIpc) is 3.13. The Labute approximate surface area is 178 Å². The Bertz CT molecular complexity index is 1140. The standard InChI is InChI=1S/C23H19ClN2O2S/c1-14(2)28-17-10-7-15(8-11-17)22(27)25-19-12-9-16(24)13-18(19)23-26-20-5-3-4-6-21(20)29-23/h3-14H,1-2H3,(H,25,27). The first-order valence-electron chi connectivity index (χ1n) is 9.23. The maximum Gasteiger partial charge on any atom is 0.255 e. The van der Waals surface area contributed by atoms with Gasteiger partial charge in [-0.1, -0.05) is 23.7 Å². The van der Waals surface area contributed by atoms with Gasteiger partial charge >= 0.3 is 0 Å². The molecule has 0 saturated carbocycles. The van der Waals surface area contributed by atoms with Gasteiger partial charge in [-0.05, 0) is 68.4 Å². The third-order valence-electron chi connectivity index (χ3n) is 4.24. The van der Waals surface area contributed by atoms with Crippen LogP contribution in [0.4, 0.5) is 5.69 Å². The predicted molar refractivity (Wildman–Crippen MR) is 120 cm³/mol. The van der Waals surface area contributed by atoms with Crippen LogP contribution in [-0.2, 0) is 0 Å². The van der Waals surface area contributed by atoms with Gasteiger partial charge in [0.1, 0.15) is 10.8 Å². The van der Waals surface area contributed by atoms with Crippen LogP contribution in [0.5, 0.6) is 5.75 Å². The zero-order chi connectivity index (χ0) is 20.4. The lowest BCUT2D eigenvalue weighted by Crippen LogP contribution is -2.13. The number of carbonyl (C=O) groups is 1. The number of para-hydroxylation sites is 1. The van der Waals surface area contributed by atoms with Gasteiger partial charge in [-0.2, -0.15) is 0 Å². The predicted octanol–water partition coefficient (Wildman–Crippen LogP) is 6.66. The van der Waals surface area contributed by atoms with Gasteiger partial charge in [0.05, 0.1) is 22.0 Å². The maximum atomic E-state index is 12.8. The Morgan fingerprint density at radius 1 is 1.07 bits per heavy atom. The highest BCUT2D eigenvalue weighted by atomic mass is 35.5. The monoisotopic (exact) mass is 422 g/mol. The van der Waals surface area contributed by atoms with E-state index in [2.05, 4.69) is 5.32 Å². The number of nitrogens with zero attached hydrogens (tertiary/aromatic N) is 1. The molecule has 0 spiro atoms. The highest BCUT2D eigenvalue weighted by Crippen LogP contribution is 2.36. The van der Waals surface area contributed by atoms with E-state index in [1.807, 2.05) is 44.2 Å². The Balaban J connectivity index is 1.62. The van der Waals surface area contributed by atoms with E-state index in [9.17, 15) is 4.79 Å². The first-order valence-corrected chi connectivity index (χ1v) is 10.4. The number of ether oxygens (including phenoxy) is 1. The molecule has 3 aromatic carbocycles. The number of anilines is 1. The summed E-state index contributed by atoms with van der Waals surface area (Å²) in [4.78, 5) is 17.5. The Hall–Kier alpha value is -2.89. The van der Waals surface area contributed by atoms with Gasteiger partial charge in [0.15, 0.2) is 0 Å². The molecule has 4 rings (SSSR count). The summed E-state index contributed by atoms with van der Waals surface area (Å²) in [7, 11) is 0. The average molecular weight is 423 g/mol. The summed E-state index contributed by atoms with van der Waals surface area (Å²) in [5, 5.41) is 4.39. The number of carbonyl (C=O) groups excluding carboxylic acids is 1. The van der Waals surface area contributed by atoms with Gasteiger partial charge in [-0.3, -0.25) is 4.79 Å². The number of aromatic nitrogens is 1. The number of nitrogens with one attached hydrogen (secondary N) is 1. The second-order valence-electron chi connectivity index (χ2n) is 6.82. The Morgan fingerprint density at radius 2 is 1.83 bits per heavy atom. The lowest BCUT2D eigenvalue weighted by Gasteiger charge is -2.12. The van der Waals surface area contributed by atoms with Crippen LogP contribution in [0.3, 0.4) is 0 Å². The molecule has 0 aliphatic carbocycles. The summed E-state index contributed by atoms with van der Waals surface area (Å²) < 4.78 is 6.72. The summed E-state index contributed by atoms with van der Waals surface area (Å²) in [5.41, 5.74) is 2.93. The zero-order valence-electron chi connectivity index (χ0n) is 16.0. The fourth-order valence-electron chi connectivity index (χ4n) is 2.94. The second kappa shape index (κ2) is 8.23. The molecule has 4 nitrogen and oxygen atoms in total. The van der Waals surface area contributed by atoms with Gasteiger partial charge in [0.2, 0.25) is 0 Å². The first kappa shape index (κ1) is 19.4. The van der Waals surface area contributed by atoms with Gasteiger partial charge < -0.3 is 10.1 Å². The van der Waals surface area contributed by atoms with Crippen LogP contribution in [-0.4, -0.2) is 17.0 Å². The number of halogens is 1. The summed E-state index contributed by atoms with van der Waals surface area (Å²) >= 11 is 7.79. The molecule has 1 N–H and O–H groups in total. The summed E-state index contributed by atoms with van der Waals surface area (Å²) in [6.07, 6.45) is 0.0834. The van der Waals surface area contributed by atoms with E-state index in [0.717, 1.165) is 26.5 Å². The molecule has 146 valence electrons. The van der Waals surface area contributed by atoms with Crippen molar-refractivity contribution in [2.45, 2.75) is 20.0 Å². The molecule has 1 aromatic heterocycles. The molecule has 0 radical (unpaired) electrons. The molecule has 0 atom stereocenters. The quantitative estimate of drug-likeness (QED) is 0.391. The minimum atomic E-state index is -0.203. The fraction of sp³-hybridized carbons (Fsp3) is 0.130. The van der Waals surface area contributed by atoms with E-state index >= 15 is 0 Å². The number of thiazole rings is 1. The van der Waals surface area contributed by atoms with E-state index in [1.165, 1.54) is 0 Å². The van der Waals surface area contributed by atoms with Crippen molar-refractivity contribution in [3.63, 3.8) is 0 Å². The minimum absolute atomic E-state index is 0.0834. The highest BCUT2D eigenvalue weighted by molar-refractivity contribution is 7.21. The van der Waals surface area contributed by atoms with E-state index in [0.29, 0.717) is 16.3 Å². The number of hydrogen-bond donors (Lipinski definition) is 1. The molecule has 0 bridgehead atoms. The zero-order valence-corrected chi connectivity index (χ0v) is 17.6. The molecule has 0 aliphatic heterocycles. The van der Waals surface area contributed by atoms with E-state index in [1.54, 1.807) is 47.7 Å². The molecule has 29 heavy (non-hydrogen) atoms. The van der Waals surface area contributed by atoms with Gasteiger partial charge in [-0.25, -0.2) is 4.98 Å².